The van der Waals surface area contributed by atoms with E-state index in [4.69, 9.17) is 10.5 Å². The Labute approximate surface area is 168 Å². The molecule has 3 rings (SSSR count). The van der Waals surface area contributed by atoms with E-state index in [-0.39, 0.29) is 29.3 Å². The summed E-state index contributed by atoms with van der Waals surface area (Å²) in [5, 5.41) is 8.81. The topological polar surface area (TPSA) is 118 Å². The van der Waals surface area contributed by atoms with Crippen molar-refractivity contribution in [3.63, 3.8) is 0 Å². The lowest BCUT2D eigenvalue weighted by molar-refractivity contribution is -0.110. The fourth-order valence-corrected chi connectivity index (χ4v) is 3.54. The number of nitrogens with two attached hydrogens (primary N) is 1. The Morgan fingerprint density at radius 2 is 2.00 bits per heavy atom. The van der Waals surface area contributed by atoms with Crippen molar-refractivity contribution < 1.29 is 18.7 Å². The molecular weight excluding hydrogens is 377 g/mol. The SMILES string of the molecule is COc1cc(C)cc(Nc2nc(NC3CCC[C@@H]3NC=O)c(F)cc2C(N)=O)c1. The van der Waals surface area contributed by atoms with E-state index in [0.29, 0.717) is 17.8 Å². The maximum atomic E-state index is 14.6. The minimum atomic E-state index is -0.800. The number of carbonyl (C=O) groups is 2. The molecule has 0 aliphatic heterocycles. The summed E-state index contributed by atoms with van der Waals surface area (Å²) in [7, 11) is 1.55. The van der Waals surface area contributed by atoms with Crippen molar-refractivity contribution >= 4 is 29.6 Å². The zero-order valence-corrected chi connectivity index (χ0v) is 16.3. The number of halogens is 1. The number of hydrogen-bond donors (Lipinski definition) is 4. The third-order valence-electron chi connectivity index (χ3n) is 4.91. The average Bonchev–Trinajstić information content (AvgIpc) is 3.10. The predicted octanol–water partition coefficient (Wildman–Crippen LogP) is 2.46. The van der Waals surface area contributed by atoms with Crippen LogP contribution in [0.4, 0.5) is 21.7 Å². The van der Waals surface area contributed by atoms with Gasteiger partial charge in [0, 0.05) is 23.8 Å². The Balaban J connectivity index is 1.93. The first kappa shape index (κ1) is 20.4. The van der Waals surface area contributed by atoms with Gasteiger partial charge in [-0.3, -0.25) is 9.59 Å². The molecule has 8 nitrogen and oxygen atoms in total. The van der Waals surface area contributed by atoms with E-state index in [9.17, 15) is 14.0 Å². The minimum absolute atomic E-state index is 0.0123. The molecule has 5 N–H and O–H groups in total. The van der Waals surface area contributed by atoms with Gasteiger partial charge in [-0.2, -0.15) is 0 Å². The van der Waals surface area contributed by atoms with E-state index in [0.717, 1.165) is 30.9 Å². The van der Waals surface area contributed by atoms with Gasteiger partial charge in [-0.1, -0.05) is 0 Å². The summed E-state index contributed by atoms with van der Waals surface area (Å²) in [4.78, 5) is 26.9. The van der Waals surface area contributed by atoms with Crippen LogP contribution in [-0.4, -0.2) is 36.5 Å². The number of nitrogens with one attached hydrogen (secondary N) is 3. The molecule has 2 aromatic rings. The Morgan fingerprint density at radius 1 is 1.24 bits per heavy atom. The lowest BCUT2D eigenvalue weighted by Gasteiger charge is -2.22. The molecule has 1 aromatic carbocycles. The summed E-state index contributed by atoms with van der Waals surface area (Å²) in [6.45, 7) is 1.90. The molecular formula is C20H24FN5O3. The number of anilines is 3. The number of ether oxygens (including phenoxy) is 1. The molecule has 1 aliphatic carbocycles. The first-order chi connectivity index (χ1) is 13.9. The van der Waals surface area contributed by atoms with Gasteiger partial charge in [0.05, 0.1) is 12.7 Å². The van der Waals surface area contributed by atoms with Crippen LogP contribution in [0.25, 0.3) is 0 Å². The predicted molar refractivity (Wildman–Crippen MR) is 108 cm³/mol. The maximum absolute atomic E-state index is 14.6. The Morgan fingerprint density at radius 3 is 2.69 bits per heavy atom. The van der Waals surface area contributed by atoms with E-state index in [2.05, 4.69) is 20.9 Å². The molecule has 0 spiro atoms. The summed E-state index contributed by atoms with van der Waals surface area (Å²) in [5.74, 6) is -0.745. The number of amides is 2. The number of nitrogens with zero attached hydrogens (tertiary/aromatic N) is 1. The highest BCUT2D eigenvalue weighted by molar-refractivity contribution is 5.98. The Bertz CT molecular complexity index is 921. The van der Waals surface area contributed by atoms with Gasteiger partial charge in [-0.25, -0.2) is 9.37 Å². The number of benzene rings is 1. The average molecular weight is 401 g/mol. The largest absolute Gasteiger partial charge is 0.497 e. The number of aryl methyl sites for hydroxylation is 1. The summed E-state index contributed by atoms with van der Waals surface area (Å²) < 4.78 is 19.9. The van der Waals surface area contributed by atoms with E-state index >= 15 is 0 Å². The lowest BCUT2D eigenvalue weighted by Crippen LogP contribution is -2.39. The number of rotatable bonds is 8. The summed E-state index contributed by atoms with van der Waals surface area (Å²) >= 11 is 0. The van der Waals surface area contributed by atoms with Crippen molar-refractivity contribution in [2.75, 3.05) is 17.7 Å². The number of hydrogen-bond acceptors (Lipinski definition) is 6. The smallest absolute Gasteiger partial charge is 0.252 e. The van der Waals surface area contributed by atoms with Crippen molar-refractivity contribution in [2.24, 2.45) is 5.73 Å². The van der Waals surface area contributed by atoms with Gasteiger partial charge in [-0.05, 0) is 49.9 Å². The van der Waals surface area contributed by atoms with Crippen LogP contribution in [0.15, 0.2) is 24.3 Å². The summed E-state index contributed by atoms with van der Waals surface area (Å²) in [6, 6.07) is 6.22. The van der Waals surface area contributed by atoms with Gasteiger partial charge in [0.15, 0.2) is 11.6 Å². The van der Waals surface area contributed by atoms with E-state index in [1.165, 1.54) is 0 Å². The highest BCUT2D eigenvalue weighted by Crippen LogP contribution is 2.29. The third-order valence-corrected chi connectivity index (χ3v) is 4.91. The van der Waals surface area contributed by atoms with Gasteiger partial charge in [0.2, 0.25) is 6.41 Å². The molecule has 2 amide bonds. The monoisotopic (exact) mass is 401 g/mol. The standard InChI is InChI=1S/C20H24FN5O3/c1-11-6-12(8-13(7-11)29-2)24-19-14(18(22)28)9-15(21)20(26-19)25-17-5-3-4-16(17)23-10-27/h6-10,16-17H,3-5H2,1-2H3,(H2,22,28)(H,23,27)(H2,24,25,26)/t16-,17?/m0/s1. The minimum Gasteiger partial charge on any atom is -0.497 e. The summed E-state index contributed by atoms with van der Waals surface area (Å²) in [5.41, 5.74) is 6.90. The van der Waals surface area contributed by atoms with Crippen LogP contribution in [0, 0.1) is 12.7 Å². The van der Waals surface area contributed by atoms with Crippen molar-refractivity contribution in [3.05, 3.63) is 41.2 Å². The highest BCUT2D eigenvalue weighted by Gasteiger charge is 2.28. The Kier molecular flexibility index (Phi) is 6.16. The van der Waals surface area contributed by atoms with Crippen LogP contribution in [-0.2, 0) is 4.79 Å². The molecule has 1 saturated carbocycles. The van der Waals surface area contributed by atoms with Gasteiger partial charge in [0.25, 0.3) is 5.91 Å². The van der Waals surface area contributed by atoms with Crippen LogP contribution >= 0.6 is 0 Å². The highest BCUT2D eigenvalue weighted by atomic mass is 19.1. The van der Waals surface area contributed by atoms with E-state index in [1.807, 2.05) is 19.1 Å². The first-order valence-electron chi connectivity index (χ1n) is 9.30. The second kappa shape index (κ2) is 8.76. The van der Waals surface area contributed by atoms with Crippen LogP contribution in [0.1, 0.15) is 35.2 Å². The van der Waals surface area contributed by atoms with E-state index < -0.39 is 11.7 Å². The second-order valence-corrected chi connectivity index (χ2v) is 7.02. The molecule has 9 heteroatoms. The summed E-state index contributed by atoms with van der Waals surface area (Å²) in [6.07, 6.45) is 3.11. The molecule has 0 bridgehead atoms. The fraction of sp³-hybridized carbons (Fsp3) is 0.350. The number of carbonyl (C=O) groups excluding carboxylic acids is 2. The molecule has 0 radical (unpaired) electrons. The van der Waals surface area contributed by atoms with Gasteiger partial charge < -0.3 is 26.4 Å². The molecule has 1 heterocycles. The van der Waals surface area contributed by atoms with Gasteiger partial charge >= 0.3 is 0 Å². The zero-order valence-electron chi connectivity index (χ0n) is 16.3. The molecule has 154 valence electrons. The van der Waals surface area contributed by atoms with Gasteiger partial charge in [-0.15, -0.1) is 0 Å². The molecule has 2 atom stereocenters. The number of pyridine rings is 1. The van der Waals surface area contributed by atoms with Crippen molar-refractivity contribution in [1.29, 1.82) is 0 Å². The molecule has 0 saturated heterocycles. The van der Waals surface area contributed by atoms with Crippen molar-refractivity contribution in [2.45, 2.75) is 38.3 Å². The zero-order chi connectivity index (χ0) is 21.0. The normalized spacial score (nSPS) is 18.2. The first-order valence-corrected chi connectivity index (χ1v) is 9.30. The number of methoxy groups -OCH3 is 1. The number of primary amides is 1. The van der Waals surface area contributed by atoms with Crippen molar-refractivity contribution in [1.82, 2.24) is 10.3 Å². The molecule has 1 aromatic heterocycles. The number of aromatic nitrogens is 1. The van der Waals surface area contributed by atoms with Crippen LogP contribution in [0.3, 0.4) is 0 Å². The Hall–Kier alpha value is -3.36. The fourth-order valence-electron chi connectivity index (χ4n) is 3.54. The molecule has 1 aliphatic rings. The third kappa shape index (κ3) is 4.74. The molecule has 1 fully saturated rings. The van der Waals surface area contributed by atoms with Crippen LogP contribution < -0.4 is 26.4 Å². The molecule has 29 heavy (non-hydrogen) atoms. The maximum Gasteiger partial charge on any atom is 0.252 e. The van der Waals surface area contributed by atoms with Crippen LogP contribution in [0.5, 0.6) is 5.75 Å². The van der Waals surface area contributed by atoms with E-state index in [1.54, 1.807) is 13.2 Å². The van der Waals surface area contributed by atoms with Crippen LogP contribution in [0.2, 0.25) is 0 Å². The lowest BCUT2D eigenvalue weighted by atomic mass is 10.1. The second-order valence-electron chi connectivity index (χ2n) is 7.02. The van der Waals surface area contributed by atoms with Gasteiger partial charge in [0.1, 0.15) is 11.6 Å². The quantitative estimate of drug-likeness (QED) is 0.505. The molecule has 1 unspecified atom stereocenters. The van der Waals surface area contributed by atoms with Crippen molar-refractivity contribution in [3.8, 4) is 5.75 Å².